The number of rotatable bonds is 9. The molecule has 4 aromatic rings. The van der Waals surface area contributed by atoms with E-state index in [1.165, 1.54) is 17.3 Å². The van der Waals surface area contributed by atoms with Crippen LogP contribution >= 0.6 is 11.8 Å². The highest BCUT2D eigenvalue weighted by molar-refractivity contribution is 7.99. The van der Waals surface area contributed by atoms with Gasteiger partial charge in [-0.1, -0.05) is 23.9 Å². The maximum Gasteiger partial charge on any atom is 0.175 e. The van der Waals surface area contributed by atoms with E-state index in [0.29, 0.717) is 16.6 Å². The van der Waals surface area contributed by atoms with E-state index in [-0.39, 0.29) is 5.78 Å². The smallest absolute Gasteiger partial charge is 0.175 e. The predicted octanol–water partition coefficient (Wildman–Crippen LogP) is 4.92. The Morgan fingerprint density at radius 3 is 2.35 bits per heavy atom. The minimum Gasteiger partial charge on any atom is -0.497 e. The van der Waals surface area contributed by atoms with Crippen molar-refractivity contribution in [1.29, 1.82) is 0 Å². The maximum absolute atomic E-state index is 13.0. The highest BCUT2D eigenvalue weighted by Gasteiger charge is 2.16. The normalized spacial score (nSPS) is 11.1. The zero-order valence-corrected chi connectivity index (χ0v) is 21.0. The zero-order valence-electron chi connectivity index (χ0n) is 20.2. The molecule has 0 saturated heterocycles. The molecule has 0 fully saturated rings. The maximum atomic E-state index is 13.0. The lowest BCUT2D eigenvalue weighted by atomic mass is 10.1. The Kier molecular flexibility index (Phi) is 7.17. The first-order chi connectivity index (χ1) is 16.4. The SMILES string of the molecule is COc1ccc(CCn2c(C)cc(C(=O)CSc3ccc(-n4nc(C)cc4C)nn3)c2C)cc1. The fourth-order valence-electron chi connectivity index (χ4n) is 4.04. The van der Waals surface area contributed by atoms with Crippen LogP contribution < -0.4 is 4.74 Å². The van der Waals surface area contributed by atoms with E-state index in [9.17, 15) is 4.79 Å². The van der Waals surface area contributed by atoms with Crippen molar-refractivity contribution in [2.24, 2.45) is 0 Å². The van der Waals surface area contributed by atoms with Crippen molar-refractivity contribution < 1.29 is 9.53 Å². The van der Waals surface area contributed by atoms with E-state index in [2.05, 4.69) is 32.0 Å². The molecule has 7 nitrogen and oxygen atoms in total. The third kappa shape index (κ3) is 5.22. The summed E-state index contributed by atoms with van der Waals surface area (Å²) in [7, 11) is 1.67. The van der Waals surface area contributed by atoms with Crippen LogP contribution in [0, 0.1) is 27.7 Å². The molecule has 8 heteroatoms. The molecule has 0 atom stereocenters. The minimum atomic E-state index is 0.0956. The Balaban J connectivity index is 1.38. The summed E-state index contributed by atoms with van der Waals surface area (Å²) in [4.78, 5) is 13.0. The Morgan fingerprint density at radius 2 is 1.74 bits per heavy atom. The van der Waals surface area contributed by atoms with Crippen molar-refractivity contribution in [2.45, 2.75) is 45.7 Å². The second-order valence-electron chi connectivity index (χ2n) is 8.32. The van der Waals surface area contributed by atoms with Gasteiger partial charge in [-0.2, -0.15) is 5.10 Å². The summed E-state index contributed by atoms with van der Waals surface area (Å²) in [5.74, 6) is 1.93. The summed E-state index contributed by atoms with van der Waals surface area (Å²) in [6.07, 6.45) is 0.889. The molecule has 0 aliphatic heterocycles. The van der Waals surface area contributed by atoms with Crippen LogP contribution in [0.25, 0.3) is 5.82 Å². The van der Waals surface area contributed by atoms with Gasteiger partial charge >= 0.3 is 0 Å². The van der Waals surface area contributed by atoms with Crippen molar-refractivity contribution >= 4 is 17.5 Å². The molecule has 0 unspecified atom stereocenters. The Morgan fingerprint density at radius 1 is 0.971 bits per heavy atom. The molecule has 0 radical (unpaired) electrons. The van der Waals surface area contributed by atoms with E-state index in [1.807, 2.05) is 64.1 Å². The van der Waals surface area contributed by atoms with E-state index in [1.54, 1.807) is 11.8 Å². The molecule has 0 N–H and O–H groups in total. The third-order valence-electron chi connectivity index (χ3n) is 5.86. The van der Waals surface area contributed by atoms with E-state index in [0.717, 1.165) is 47.1 Å². The number of ether oxygens (including phenoxy) is 1. The number of nitrogens with zero attached hydrogens (tertiary/aromatic N) is 5. The fourth-order valence-corrected chi connectivity index (χ4v) is 4.74. The summed E-state index contributed by atoms with van der Waals surface area (Å²) < 4.78 is 9.21. The first-order valence-corrected chi connectivity index (χ1v) is 12.2. The van der Waals surface area contributed by atoms with Crippen LogP contribution in [0.15, 0.2) is 53.6 Å². The van der Waals surface area contributed by atoms with Gasteiger partial charge < -0.3 is 9.30 Å². The van der Waals surface area contributed by atoms with Crippen molar-refractivity contribution in [2.75, 3.05) is 12.9 Å². The van der Waals surface area contributed by atoms with Gasteiger partial charge in [0.2, 0.25) is 0 Å². The standard InChI is InChI=1S/C26H29N5O2S/c1-17-14-19(3)31(29-17)25-10-11-26(28-27-25)34-16-24(32)23-15-18(2)30(20(23)4)13-12-21-6-8-22(33-5)9-7-21/h6-11,14-15H,12-13,16H2,1-5H3. The molecule has 1 aromatic carbocycles. The highest BCUT2D eigenvalue weighted by Crippen LogP contribution is 2.22. The lowest BCUT2D eigenvalue weighted by molar-refractivity contribution is 0.102. The van der Waals surface area contributed by atoms with Crippen molar-refractivity contribution in [1.82, 2.24) is 24.5 Å². The van der Waals surface area contributed by atoms with E-state index in [4.69, 9.17) is 4.74 Å². The van der Waals surface area contributed by atoms with Crippen molar-refractivity contribution in [3.05, 3.63) is 82.4 Å². The molecule has 0 spiro atoms. The molecule has 4 rings (SSSR count). The fraction of sp³-hybridized carbons (Fsp3) is 0.308. The molecule has 0 aliphatic carbocycles. The molecule has 0 saturated carbocycles. The van der Waals surface area contributed by atoms with Gasteiger partial charge in [-0.3, -0.25) is 4.79 Å². The molecular formula is C26H29N5O2S. The molecule has 3 aromatic heterocycles. The van der Waals surface area contributed by atoms with Crippen molar-refractivity contribution in [3.8, 4) is 11.6 Å². The first-order valence-electron chi connectivity index (χ1n) is 11.2. The second-order valence-corrected chi connectivity index (χ2v) is 9.31. The average Bonchev–Trinajstić information content (AvgIpc) is 3.33. The molecule has 0 amide bonds. The predicted molar refractivity (Wildman–Crippen MR) is 134 cm³/mol. The van der Waals surface area contributed by atoms with Crippen LogP contribution in [0.1, 0.15) is 38.7 Å². The number of thioether (sulfide) groups is 1. The Bertz CT molecular complexity index is 1290. The molecule has 3 heterocycles. The monoisotopic (exact) mass is 475 g/mol. The largest absolute Gasteiger partial charge is 0.497 e. The van der Waals surface area contributed by atoms with Crippen LogP contribution in [-0.2, 0) is 13.0 Å². The van der Waals surface area contributed by atoms with Gasteiger partial charge in [0.05, 0.1) is 18.6 Å². The summed E-state index contributed by atoms with van der Waals surface area (Å²) >= 11 is 1.40. The van der Waals surface area contributed by atoms with Crippen LogP contribution in [0.5, 0.6) is 5.75 Å². The average molecular weight is 476 g/mol. The number of aromatic nitrogens is 5. The molecule has 0 aliphatic rings. The number of Topliss-reactive ketones (excluding diaryl/α,β-unsaturated/α-hetero) is 1. The number of ketones is 1. The Labute approximate surface area is 204 Å². The number of carbonyl (C=O) groups is 1. The first kappa shape index (κ1) is 23.8. The molecule has 0 bridgehead atoms. The quantitative estimate of drug-likeness (QED) is 0.253. The molecular weight excluding hydrogens is 446 g/mol. The van der Waals surface area contributed by atoms with Crippen LogP contribution in [0.4, 0.5) is 0 Å². The third-order valence-corrected chi connectivity index (χ3v) is 6.78. The summed E-state index contributed by atoms with van der Waals surface area (Å²) in [5, 5.41) is 13.7. The van der Waals surface area contributed by atoms with Gasteiger partial charge in [0.15, 0.2) is 11.6 Å². The number of hydrogen-bond donors (Lipinski definition) is 0. The van der Waals surface area contributed by atoms with Gasteiger partial charge in [0, 0.05) is 29.2 Å². The van der Waals surface area contributed by atoms with Crippen LogP contribution in [0.3, 0.4) is 0 Å². The lowest BCUT2D eigenvalue weighted by Crippen LogP contribution is -2.08. The number of methoxy groups -OCH3 is 1. The highest BCUT2D eigenvalue weighted by atomic mass is 32.2. The zero-order chi connectivity index (χ0) is 24.2. The number of aryl methyl sites for hydroxylation is 4. The van der Waals surface area contributed by atoms with Gasteiger partial charge in [-0.25, -0.2) is 4.68 Å². The van der Waals surface area contributed by atoms with Gasteiger partial charge in [-0.05, 0) is 76.1 Å². The van der Waals surface area contributed by atoms with Gasteiger partial charge in [-0.15, -0.1) is 10.2 Å². The second kappa shape index (κ2) is 10.3. The van der Waals surface area contributed by atoms with Gasteiger partial charge in [0.1, 0.15) is 10.8 Å². The Hall–Kier alpha value is -3.39. The number of hydrogen-bond acceptors (Lipinski definition) is 6. The number of carbonyl (C=O) groups excluding carboxylic acids is 1. The van der Waals surface area contributed by atoms with Crippen LogP contribution in [0.2, 0.25) is 0 Å². The lowest BCUT2D eigenvalue weighted by Gasteiger charge is -2.10. The summed E-state index contributed by atoms with van der Waals surface area (Å²) in [6, 6.07) is 15.9. The topological polar surface area (TPSA) is 74.8 Å². The number of benzene rings is 1. The minimum absolute atomic E-state index is 0.0956. The van der Waals surface area contributed by atoms with Gasteiger partial charge in [0.25, 0.3) is 0 Å². The summed E-state index contributed by atoms with van der Waals surface area (Å²) in [6.45, 7) is 8.82. The van der Waals surface area contributed by atoms with Crippen molar-refractivity contribution in [3.63, 3.8) is 0 Å². The molecule has 176 valence electrons. The van der Waals surface area contributed by atoms with Crippen LogP contribution in [-0.4, -0.2) is 43.2 Å². The molecule has 34 heavy (non-hydrogen) atoms. The van der Waals surface area contributed by atoms with E-state index < -0.39 is 0 Å². The van der Waals surface area contributed by atoms with E-state index >= 15 is 0 Å². The summed E-state index contributed by atoms with van der Waals surface area (Å²) in [5.41, 5.74) is 6.04.